The van der Waals surface area contributed by atoms with Crippen LogP contribution in [0.1, 0.15) is 100 Å². The van der Waals surface area contributed by atoms with Crippen LogP contribution in [-0.2, 0) is 23.8 Å². The van der Waals surface area contributed by atoms with E-state index in [2.05, 4.69) is 70.4 Å². The monoisotopic (exact) mass is 888 g/mol. The third-order valence-electron chi connectivity index (χ3n) is 13.9. The molecule has 0 unspecified atom stereocenters. The summed E-state index contributed by atoms with van der Waals surface area (Å²) < 4.78 is 15.3. The Morgan fingerprint density at radius 1 is 0.938 bits per heavy atom. The molecule has 15 nitrogen and oxygen atoms in total. The van der Waals surface area contributed by atoms with Crippen LogP contribution in [0.15, 0.2) is 88.5 Å². The van der Waals surface area contributed by atoms with Gasteiger partial charge in [-0.05, 0) is 78.7 Å². The molecule has 0 radical (unpaired) electrons. The quantitative estimate of drug-likeness (QED) is 0.171. The van der Waals surface area contributed by atoms with Crippen molar-refractivity contribution in [3.8, 4) is 0 Å². The highest BCUT2D eigenvalue weighted by molar-refractivity contribution is 5.95. The molecule has 3 aliphatic heterocycles. The van der Waals surface area contributed by atoms with Crippen LogP contribution >= 0.6 is 0 Å². The average molecular weight is 889 g/mol. The normalized spacial score (nSPS) is 26.9. The number of carbonyl (C=O) groups is 4. The Hall–Kier alpha value is -5.96. The first-order valence-electron chi connectivity index (χ1n) is 23.2. The van der Waals surface area contributed by atoms with Crippen LogP contribution in [0, 0.1) is 23.7 Å². The van der Waals surface area contributed by atoms with Gasteiger partial charge in [-0.25, -0.2) is 14.6 Å². The van der Waals surface area contributed by atoms with Gasteiger partial charge in [0.2, 0.25) is 5.91 Å². The van der Waals surface area contributed by atoms with E-state index in [9.17, 15) is 19.2 Å². The number of amidine groups is 1. The molecule has 0 saturated carbocycles. The van der Waals surface area contributed by atoms with Crippen molar-refractivity contribution in [1.29, 1.82) is 0 Å². The molecule has 65 heavy (non-hydrogen) atoms. The molecule has 0 bridgehead atoms. The molecular formula is C50H64N8O7. The Kier molecular flexibility index (Phi) is 14.1. The Balaban J connectivity index is 0.931. The molecular weight excluding hydrogens is 825 g/mol. The van der Waals surface area contributed by atoms with Gasteiger partial charge in [-0.1, -0.05) is 87.6 Å². The number of carbonyl (C=O) groups excluding carboxylic acids is 4. The summed E-state index contributed by atoms with van der Waals surface area (Å²) in [5, 5.41) is 9.11. The topological polar surface area (TPSA) is 180 Å². The standard InChI is InChI=1S/C50H64N8O7/c1-29(2)42(55-49(61)64-5)47(59)57-22-10-13-40(57)45-51-26-37(52-45)19-16-33-24-34(15-14-30(33)3)35-17-20-38-36(25-35)18-21-39-44(38)54-46(53-39)41-23-31(28-63-4)27-58(41)48(60)43(56-50(62)65-6)32-11-8-7-9-12-32/h7-9,11-12,15-16,18-19,21,24-25,29-31,35,37-38,40-43H,10,13-14,17,20,22-23,26-28H2,1-6H3,(H,51,52)(H,53,54)(H,55,61)(H,56,62)/b19-16-/t30-,31+,35+,37+,38-,40+,41+,42+,43-/m1/s1. The number of imidazole rings is 1. The van der Waals surface area contributed by atoms with Crippen molar-refractivity contribution in [1.82, 2.24) is 35.7 Å². The summed E-state index contributed by atoms with van der Waals surface area (Å²) in [5.41, 5.74) is 6.58. The second-order valence-corrected chi connectivity index (χ2v) is 18.6. The van der Waals surface area contributed by atoms with Crippen molar-refractivity contribution < 1.29 is 33.4 Å². The fourth-order valence-electron chi connectivity index (χ4n) is 10.4. The number of likely N-dealkylation sites (tertiary alicyclic amines) is 2. The van der Waals surface area contributed by atoms with Gasteiger partial charge in [-0.2, -0.15) is 0 Å². The molecule has 2 saturated heterocycles. The number of aromatic amines is 1. The molecule has 4 N–H and O–H groups in total. The molecule has 8 rings (SSSR count). The van der Waals surface area contributed by atoms with E-state index in [0.717, 1.165) is 55.2 Å². The van der Waals surface area contributed by atoms with Crippen LogP contribution in [0.2, 0.25) is 0 Å². The molecule has 1 aromatic carbocycles. The van der Waals surface area contributed by atoms with E-state index in [1.807, 2.05) is 54.0 Å². The van der Waals surface area contributed by atoms with E-state index in [-0.39, 0.29) is 53.6 Å². The fraction of sp³-hybridized carbons (Fsp3) is 0.520. The minimum absolute atomic E-state index is 0.0274. The highest BCUT2D eigenvalue weighted by Crippen LogP contribution is 2.45. The largest absolute Gasteiger partial charge is 0.453 e. The zero-order valence-corrected chi connectivity index (χ0v) is 38.4. The van der Waals surface area contributed by atoms with Crippen LogP contribution in [0.4, 0.5) is 9.59 Å². The van der Waals surface area contributed by atoms with Crippen molar-refractivity contribution in [3.63, 3.8) is 0 Å². The number of aliphatic imine (C=N–C) groups is 1. The first-order valence-corrected chi connectivity index (χ1v) is 23.2. The lowest BCUT2D eigenvalue weighted by Crippen LogP contribution is -2.55. The van der Waals surface area contributed by atoms with Crippen molar-refractivity contribution in [3.05, 3.63) is 106 Å². The van der Waals surface area contributed by atoms with Crippen molar-refractivity contribution in [2.24, 2.45) is 28.7 Å². The summed E-state index contributed by atoms with van der Waals surface area (Å²) in [6.45, 7) is 8.33. The van der Waals surface area contributed by atoms with Gasteiger partial charge in [0, 0.05) is 43.6 Å². The number of hydrogen-bond donors (Lipinski definition) is 4. The summed E-state index contributed by atoms with van der Waals surface area (Å²) in [7, 11) is 4.28. The third kappa shape index (κ3) is 9.85. The lowest BCUT2D eigenvalue weighted by molar-refractivity contribution is -0.135. The summed E-state index contributed by atoms with van der Waals surface area (Å²) in [5.74, 6) is 2.11. The maximum absolute atomic E-state index is 14.4. The Bertz CT molecular complexity index is 2290. The fourth-order valence-corrected chi connectivity index (χ4v) is 10.4. The zero-order valence-electron chi connectivity index (χ0n) is 38.4. The zero-order chi connectivity index (χ0) is 45.8. The number of H-pyrrole nitrogens is 1. The number of ether oxygens (including phenoxy) is 3. The molecule has 1 aromatic heterocycles. The van der Waals surface area contributed by atoms with Gasteiger partial charge < -0.3 is 44.9 Å². The number of fused-ring (bicyclic) bond motifs is 3. The van der Waals surface area contributed by atoms with Crippen LogP contribution in [0.25, 0.3) is 6.08 Å². The first-order chi connectivity index (χ1) is 31.5. The van der Waals surface area contributed by atoms with Crippen LogP contribution < -0.4 is 16.0 Å². The van der Waals surface area contributed by atoms with E-state index in [4.69, 9.17) is 24.2 Å². The highest BCUT2D eigenvalue weighted by atomic mass is 16.5. The van der Waals surface area contributed by atoms with Gasteiger partial charge in [0.1, 0.15) is 23.7 Å². The predicted octanol–water partition coefficient (Wildman–Crippen LogP) is 6.68. The number of nitrogens with one attached hydrogen (secondary N) is 4. The molecule has 4 heterocycles. The Labute approximate surface area is 381 Å². The molecule has 6 aliphatic rings. The number of allylic oxidation sites excluding steroid dienone is 8. The molecule has 9 atom stereocenters. The number of rotatable bonds is 13. The second kappa shape index (κ2) is 20.1. The number of alkyl carbamates (subject to hydrolysis) is 2. The molecule has 2 fully saturated rings. The molecule has 15 heteroatoms. The maximum atomic E-state index is 14.4. The van der Waals surface area contributed by atoms with Gasteiger partial charge in [0.25, 0.3) is 5.91 Å². The summed E-state index contributed by atoms with van der Waals surface area (Å²) in [6, 6.07) is 7.23. The SMILES string of the molecule is COC[C@H]1C[C@@H](c2nc3c([nH]2)[C@@H]2CC[C@H](C4=CC[C@@H](C)C(/C=C\[C@H]5CN=C([C@@H]6CCCN6C(=O)[C@@H](NC(=O)OC)C(C)C)N5)=C4)C=C2C=C3)N(C(=O)[C@H](NC(=O)OC)c2ccccc2)C1. The van der Waals surface area contributed by atoms with E-state index >= 15 is 0 Å². The predicted molar refractivity (Wildman–Crippen MR) is 248 cm³/mol. The van der Waals surface area contributed by atoms with Gasteiger partial charge in [0.15, 0.2) is 0 Å². The number of methoxy groups -OCH3 is 3. The average Bonchev–Trinajstić information content (AvgIpc) is 4.16. The van der Waals surface area contributed by atoms with E-state index < -0.39 is 24.3 Å². The maximum Gasteiger partial charge on any atom is 0.407 e. The number of nitrogens with zero attached hydrogens (tertiary/aromatic N) is 4. The summed E-state index contributed by atoms with van der Waals surface area (Å²) in [6.07, 6.45) is 20.0. The van der Waals surface area contributed by atoms with E-state index in [1.165, 1.54) is 30.9 Å². The number of aromatic nitrogens is 2. The molecule has 4 amide bonds. The van der Waals surface area contributed by atoms with Crippen molar-refractivity contribution in [2.45, 2.75) is 95.4 Å². The minimum atomic E-state index is -0.917. The minimum Gasteiger partial charge on any atom is -0.453 e. The number of hydrogen-bond acceptors (Lipinski definition) is 10. The third-order valence-corrected chi connectivity index (χ3v) is 13.9. The smallest absolute Gasteiger partial charge is 0.407 e. The van der Waals surface area contributed by atoms with Crippen LogP contribution in [-0.4, -0.2) is 115 Å². The molecule has 346 valence electrons. The summed E-state index contributed by atoms with van der Waals surface area (Å²) in [4.78, 5) is 69.9. The van der Waals surface area contributed by atoms with Crippen LogP contribution in [0.3, 0.4) is 0 Å². The lowest BCUT2D eigenvalue weighted by Gasteiger charge is -2.31. The lowest BCUT2D eigenvalue weighted by atomic mass is 9.74. The van der Waals surface area contributed by atoms with Gasteiger partial charge in [0.05, 0.1) is 51.2 Å². The van der Waals surface area contributed by atoms with Gasteiger partial charge >= 0.3 is 12.2 Å². The van der Waals surface area contributed by atoms with Crippen molar-refractivity contribution in [2.75, 3.05) is 47.6 Å². The molecule has 0 spiro atoms. The van der Waals surface area contributed by atoms with E-state index in [0.29, 0.717) is 44.1 Å². The summed E-state index contributed by atoms with van der Waals surface area (Å²) >= 11 is 0. The van der Waals surface area contributed by atoms with Crippen molar-refractivity contribution >= 4 is 35.9 Å². The Morgan fingerprint density at radius 2 is 1.72 bits per heavy atom. The first kappa shape index (κ1) is 45.6. The second-order valence-electron chi connectivity index (χ2n) is 18.6. The van der Waals surface area contributed by atoms with Crippen LogP contribution in [0.5, 0.6) is 0 Å². The van der Waals surface area contributed by atoms with Gasteiger partial charge in [-0.3, -0.25) is 14.6 Å². The highest BCUT2D eigenvalue weighted by Gasteiger charge is 2.43. The Morgan fingerprint density at radius 3 is 2.48 bits per heavy atom. The van der Waals surface area contributed by atoms with E-state index in [1.54, 1.807) is 7.11 Å². The number of benzene rings is 1. The molecule has 3 aliphatic carbocycles. The molecule has 2 aromatic rings. The van der Waals surface area contributed by atoms with Gasteiger partial charge in [-0.15, -0.1) is 0 Å². The number of amides is 4.